The van der Waals surface area contributed by atoms with Gasteiger partial charge in [-0.2, -0.15) is 0 Å². The third kappa shape index (κ3) is 4.65. The Kier molecular flexibility index (Phi) is 7.09. The third-order valence-corrected chi connectivity index (χ3v) is 16.4. The van der Waals surface area contributed by atoms with Crippen molar-refractivity contribution in [1.82, 2.24) is 4.57 Å². The SMILES string of the molecule is CC(C)(C)c1ccc(N2B3c4cc5c(cc4-n4c6ccc(C(C)(C)C)cc6c6c7c(c(c3c64)-c3cc4c(cc32)-c2ccccc2C4(C)C)C(C)(C)c2ccccc2-7)oc2ccccc25)cc1. The lowest BCUT2D eigenvalue weighted by atomic mass is 9.43. The van der Waals surface area contributed by atoms with Crippen LogP contribution >= 0.6 is 0 Å². The quantitative estimate of drug-likeness (QED) is 0.153. The van der Waals surface area contributed by atoms with Crippen LogP contribution in [-0.2, 0) is 21.7 Å². The summed E-state index contributed by atoms with van der Waals surface area (Å²) in [5.41, 5.74) is 26.8. The first kappa shape index (κ1) is 38.5. The Bertz CT molecular complexity index is 3840. The van der Waals surface area contributed by atoms with Crippen molar-refractivity contribution in [2.45, 2.75) is 90.9 Å². The van der Waals surface area contributed by atoms with E-state index in [1.165, 1.54) is 117 Å². The number of aromatic nitrogens is 1. The van der Waals surface area contributed by atoms with E-state index in [9.17, 15) is 0 Å². The van der Waals surface area contributed by atoms with Gasteiger partial charge in [-0.25, -0.2) is 0 Å². The second kappa shape index (κ2) is 12.2. The Morgan fingerprint density at radius 3 is 1.91 bits per heavy atom. The molecular formula is C62H53BN2O. The number of benzene rings is 8. The third-order valence-electron chi connectivity index (χ3n) is 16.4. The van der Waals surface area contributed by atoms with Crippen LogP contribution in [0.5, 0.6) is 0 Å². The fourth-order valence-corrected chi connectivity index (χ4v) is 13.1. The number of hydrogen-bond acceptors (Lipinski definition) is 2. The smallest absolute Gasteiger partial charge is 0.333 e. The maximum Gasteiger partial charge on any atom is 0.333 e. The minimum Gasteiger partial charge on any atom is -0.456 e. The zero-order valence-corrected chi connectivity index (χ0v) is 39.7. The summed E-state index contributed by atoms with van der Waals surface area (Å²) in [6.07, 6.45) is 0. The van der Waals surface area contributed by atoms with E-state index in [0.717, 1.165) is 21.9 Å². The van der Waals surface area contributed by atoms with Crippen LogP contribution < -0.4 is 15.7 Å². The van der Waals surface area contributed by atoms with Crippen molar-refractivity contribution in [3.63, 3.8) is 0 Å². The lowest BCUT2D eigenvalue weighted by Gasteiger charge is -2.44. The second-order valence-corrected chi connectivity index (χ2v) is 22.9. The monoisotopic (exact) mass is 852 g/mol. The second-order valence-electron chi connectivity index (χ2n) is 22.9. The van der Waals surface area contributed by atoms with E-state index in [1.54, 1.807) is 0 Å². The molecule has 0 radical (unpaired) electrons. The largest absolute Gasteiger partial charge is 0.456 e. The van der Waals surface area contributed by atoms with Gasteiger partial charge >= 0.3 is 6.85 Å². The van der Waals surface area contributed by atoms with Crippen LogP contribution in [0.15, 0.2) is 144 Å². The highest BCUT2D eigenvalue weighted by Gasteiger charge is 2.51. The van der Waals surface area contributed by atoms with Crippen LogP contribution in [0.25, 0.3) is 82.8 Å². The van der Waals surface area contributed by atoms with Crippen LogP contribution in [0, 0.1) is 0 Å². The molecule has 0 atom stereocenters. The van der Waals surface area contributed by atoms with Gasteiger partial charge in [0.25, 0.3) is 0 Å². The molecule has 0 N–H and O–H groups in total. The summed E-state index contributed by atoms with van der Waals surface area (Å²) >= 11 is 0. The van der Waals surface area contributed by atoms with Crippen molar-refractivity contribution in [3.8, 4) is 39.1 Å². The van der Waals surface area contributed by atoms with Crippen LogP contribution in [0.1, 0.15) is 103 Å². The highest BCUT2D eigenvalue weighted by atomic mass is 16.3. The molecule has 3 nitrogen and oxygen atoms in total. The Labute approximate surface area is 387 Å². The van der Waals surface area contributed by atoms with Crippen LogP contribution in [0.3, 0.4) is 0 Å². The van der Waals surface area contributed by atoms with Gasteiger partial charge in [-0.15, -0.1) is 0 Å². The first-order valence-electron chi connectivity index (χ1n) is 24.0. The summed E-state index contributed by atoms with van der Waals surface area (Å²) in [5, 5.41) is 4.99. The molecular weight excluding hydrogens is 800 g/mol. The molecule has 0 unspecified atom stereocenters. The maximum atomic E-state index is 6.80. The minimum absolute atomic E-state index is 0.0204. The standard InChI is InChI=1S/C62H53BN2O/c1-59(2,3)34-23-26-36(27-24-34)65-49-32-40-37-17-11-14-20-44(37)61(7,8)46(40)30-43(49)55-56-53(39-19-12-15-21-45(39)62(56,9)10)54-42-29-35(60(4,5)6)25-28-48(42)64-50-33-52-41(38-18-13-16-22-51(38)66-52)31-47(50)63(65)57(55)58(54)64/h11-33H,1-10H3. The molecule has 0 saturated heterocycles. The van der Waals surface area contributed by atoms with Gasteiger partial charge in [0.05, 0.1) is 11.0 Å². The Balaban J connectivity index is 1.24. The first-order valence-corrected chi connectivity index (χ1v) is 24.0. The van der Waals surface area contributed by atoms with Gasteiger partial charge < -0.3 is 13.8 Å². The van der Waals surface area contributed by atoms with E-state index < -0.39 is 0 Å². The zero-order valence-electron chi connectivity index (χ0n) is 39.7. The first-order chi connectivity index (χ1) is 31.5. The summed E-state index contributed by atoms with van der Waals surface area (Å²) in [7, 11) is 0. The van der Waals surface area contributed by atoms with E-state index in [1.807, 2.05) is 0 Å². The summed E-state index contributed by atoms with van der Waals surface area (Å²) in [4.78, 5) is 2.73. The predicted octanol–water partition coefficient (Wildman–Crippen LogP) is 15.1. The number of furan rings is 1. The summed E-state index contributed by atoms with van der Waals surface area (Å²) < 4.78 is 9.44. The molecule has 0 saturated carbocycles. The van der Waals surface area contributed by atoms with E-state index in [0.29, 0.717) is 0 Å². The van der Waals surface area contributed by atoms with E-state index in [2.05, 4.69) is 218 Å². The molecule has 10 aromatic rings. The molecule has 0 fully saturated rings. The Hall–Kier alpha value is -6.78. The van der Waals surface area contributed by atoms with E-state index in [4.69, 9.17) is 4.42 Å². The van der Waals surface area contributed by atoms with Crippen molar-refractivity contribution in [3.05, 3.63) is 173 Å². The van der Waals surface area contributed by atoms with Gasteiger partial charge in [0, 0.05) is 61.1 Å². The average Bonchev–Trinajstić information content (AvgIpc) is 3.97. The molecule has 8 aromatic carbocycles. The molecule has 2 aromatic heterocycles. The van der Waals surface area contributed by atoms with Crippen molar-refractivity contribution in [1.29, 1.82) is 0 Å². The number of rotatable bonds is 1. The summed E-state index contributed by atoms with van der Waals surface area (Å²) in [6.45, 7) is 23.7. The van der Waals surface area contributed by atoms with Crippen LogP contribution in [0.4, 0.5) is 11.4 Å². The highest BCUT2D eigenvalue weighted by Crippen LogP contribution is 2.61. The number of nitrogens with zero attached hydrogens (tertiary/aromatic N) is 2. The van der Waals surface area contributed by atoms with Gasteiger partial charge in [0.1, 0.15) is 11.2 Å². The Morgan fingerprint density at radius 1 is 0.500 bits per heavy atom. The molecule has 0 bridgehead atoms. The lowest BCUT2D eigenvalue weighted by molar-refractivity contribution is 0.590. The molecule has 320 valence electrons. The molecule has 14 rings (SSSR count). The minimum atomic E-state index is -0.275. The molecule has 0 spiro atoms. The van der Waals surface area contributed by atoms with Gasteiger partial charge in [-0.3, -0.25) is 0 Å². The van der Waals surface area contributed by atoms with Crippen molar-refractivity contribution < 1.29 is 4.42 Å². The zero-order chi connectivity index (χ0) is 45.1. The van der Waals surface area contributed by atoms with Crippen molar-refractivity contribution in [2.75, 3.05) is 4.81 Å². The number of anilines is 2. The summed E-state index contributed by atoms with van der Waals surface area (Å²) in [5.74, 6) is 0. The Morgan fingerprint density at radius 2 is 1.17 bits per heavy atom. The summed E-state index contributed by atoms with van der Waals surface area (Å²) in [6, 6.07) is 53.9. The van der Waals surface area contributed by atoms with Gasteiger partial charge in [-0.1, -0.05) is 160 Å². The van der Waals surface area contributed by atoms with Crippen LogP contribution in [-0.4, -0.2) is 11.4 Å². The normalized spacial score (nSPS) is 15.9. The molecule has 2 aliphatic heterocycles. The highest BCUT2D eigenvalue weighted by molar-refractivity contribution is 6.94. The average molecular weight is 853 g/mol. The number of hydrogen-bond donors (Lipinski definition) is 0. The topological polar surface area (TPSA) is 21.3 Å². The molecule has 2 aliphatic carbocycles. The molecule has 66 heavy (non-hydrogen) atoms. The molecule has 4 aliphatic rings. The maximum absolute atomic E-state index is 6.80. The number of fused-ring (bicyclic) bond motifs is 19. The van der Waals surface area contributed by atoms with Crippen molar-refractivity contribution >= 4 is 72.9 Å². The van der Waals surface area contributed by atoms with E-state index >= 15 is 0 Å². The fraction of sp³-hybridized carbons (Fsp3) is 0.226. The molecule has 4 heteroatoms. The number of para-hydroxylation sites is 1. The molecule has 0 amide bonds. The van der Waals surface area contributed by atoms with E-state index in [-0.39, 0.29) is 28.5 Å². The van der Waals surface area contributed by atoms with Gasteiger partial charge in [-0.05, 0) is 125 Å². The lowest BCUT2D eigenvalue weighted by Crippen LogP contribution is -2.61. The molecule has 4 heterocycles. The fourth-order valence-electron chi connectivity index (χ4n) is 13.1. The van der Waals surface area contributed by atoms with Crippen molar-refractivity contribution in [2.24, 2.45) is 0 Å². The van der Waals surface area contributed by atoms with Gasteiger partial charge in [0.15, 0.2) is 0 Å². The van der Waals surface area contributed by atoms with Gasteiger partial charge in [0.2, 0.25) is 0 Å². The van der Waals surface area contributed by atoms with Crippen LogP contribution in [0.2, 0.25) is 0 Å². The predicted molar refractivity (Wildman–Crippen MR) is 280 cm³/mol.